The van der Waals surface area contributed by atoms with Crippen molar-refractivity contribution in [1.82, 2.24) is 24.4 Å². The van der Waals surface area contributed by atoms with E-state index in [0.29, 0.717) is 31.6 Å². The lowest BCUT2D eigenvalue weighted by Gasteiger charge is -2.35. The Kier molecular flexibility index (Phi) is 13.4. The predicted molar refractivity (Wildman–Crippen MR) is 199 cm³/mol. The number of sulfonamides is 1. The maximum Gasteiger partial charge on any atom is 0.321 e. The van der Waals surface area contributed by atoms with Gasteiger partial charge < -0.3 is 25.4 Å². The van der Waals surface area contributed by atoms with E-state index in [1.165, 1.54) is 22.7 Å². The number of oxime groups is 1. The van der Waals surface area contributed by atoms with Crippen LogP contribution in [0.1, 0.15) is 68.3 Å². The van der Waals surface area contributed by atoms with E-state index in [2.05, 4.69) is 15.5 Å². The van der Waals surface area contributed by atoms with Gasteiger partial charge in [0.15, 0.2) is 0 Å². The fourth-order valence-corrected chi connectivity index (χ4v) is 8.81. The third kappa shape index (κ3) is 9.55. The lowest BCUT2D eigenvalue weighted by Crippen LogP contribution is -2.57. The van der Waals surface area contributed by atoms with E-state index in [1.807, 2.05) is 63.2 Å². The van der Waals surface area contributed by atoms with Crippen LogP contribution >= 0.6 is 0 Å². The highest BCUT2D eigenvalue weighted by Gasteiger charge is 2.41. The smallest absolute Gasteiger partial charge is 0.321 e. The van der Waals surface area contributed by atoms with Crippen molar-refractivity contribution in [3.05, 3.63) is 95.3 Å². The van der Waals surface area contributed by atoms with Crippen LogP contribution in [0.4, 0.5) is 4.79 Å². The third-order valence-corrected chi connectivity index (χ3v) is 12.4. The molecular weight excluding hydrogens is 681 g/mol. The van der Waals surface area contributed by atoms with Gasteiger partial charge in [-0.15, -0.1) is 0 Å². The third-order valence-electron chi connectivity index (χ3n) is 10.5. The van der Waals surface area contributed by atoms with Crippen molar-refractivity contribution in [3.63, 3.8) is 0 Å². The second-order valence-corrected chi connectivity index (χ2v) is 16.1. The molecule has 2 aliphatic rings. The van der Waals surface area contributed by atoms with Crippen LogP contribution in [-0.4, -0.2) is 100 Å². The molecule has 1 aliphatic carbocycles. The molecule has 2 aromatic carbocycles. The van der Waals surface area contributed by atoms with E-state index < -0.39 is 28.2 Å². The van der Waals surface area contributed by atoms with Gasteiger partial charge in [0.05, 0.1) is 23.3 Å². The number of carbonyl (C=O) groups is 2. The predicted octanol–water partition coefficient (Wildman–Crippen LogP) is 4.82. The first-order valence-electron chi connectivity index (χ1n) is 18.3. The highest BCUT2D eigenvalue weighted by atomic mass is 32.2. The van der Waals surface area contributed by atoms with Gasteiger partial charge in [0, 0.05) is 44.6 Å². The number of carbonyl (C=O) groups excluding carboxylic acids is 2. The summed E-state index contributed by atoms with van der Waals surface area (Å²) in [6.07, 6.45) is 6.42. The summed E-state index contributed by atoms with van der Waals surface area (Å²) in [7, 11) is -4.05. The molecule has 13 heteroatoms. The maximum atomic E-state index is 14.4. The van der Waals surface area contributed by atoms with Gasteiger partial charge in [-0.2, -0.15) is 4.31 Å². The Balaban J connectivity index is 1.40. The van der Waals surface area contributed by atoms with Crippen LogP contribution in [-0.2, 0) is 27.8 Å². The lowest BCUT2D eigenvalue weighted by molar-refractivity contribution is -0.128. The number of urea groups is 1. The monoisotopic (exact) mass is 732 g/mol. The van der Waals surface area contributed by atoms with Gasteiger partial charge in [0.25, 0.3) is 0 Å². The number of aliphatic hydroxyl groups excluding tert-OH is 1. The van der Waals surface area contributed by atoms with Gasteiger partial charge >= 0.3 is 6.03 Å². The molecule has 0 unspecified atom stereocenters. The molecule has 1 saturated heterocycles. The van der Waals surface area contributed by atoms with Crippen LogP contribution in [0, 0.1) is 18.8 Å². The summed E-state index contributed by atoms with van der Waals surface area (Å²) in [5, 5.41) is 27.0. The van der Waals surface area contributed by atoms with Crippen LogP contribution in [0.3, 0.4) is 0 Å². The van der Waals surface area contributed by atoms with Crippen LogP contribution < -0.4 is 5.32 Å². The first-order chi connectivity index (χ1) is 25.0. The topological polar surface area (TPSA) is 156 Å². The van der Waals surface area contributed by atoms with Crippen molar-refractivity contribution in [2.75, 3.05) is 26.2 Å². The molecule has 1 aromatic heterocycles. The molecule has 280 valence electrons. The minimum absolute atomic E-state index is 0.0619. The van der Waals surface area contributed by atoms with Gasteiger partial charge in [-0.3, -0.25) is 9.78 Å². The fraction of sp³-hybridized carbons (Fsp3) is 0.487. The van der Waals surface area contributed by atoms with Crippen molar-refractivity contribution in [2.24, 2.45) is 17.0 Å². The zero-order chi connectivity index (χ0) is 37.3. The summed E-state index contributed by atoms with van der Waals surface area (Å²) >= 11 is 0. The number of aliphatic hydroxyl groups is 1. The van der Waals surface area contributed by atoms with E-state index >= 15 is 0 Å². The molecule has 0 bridgehead atoms. The second kappa shape index (κ2) is 17.9. The number of benzene rings is 2. The van der Waals surface area contributed by atoms with Crippen LogP contribution in [0.5, 0.6) is 0 Å². The van der Waals surface area contributed by atoms with Gasteiger partial charge in [0.1, 0.15) is 6.04 Å². The van der Waals surface area contributed by atoms with Crippen molar-refractivity contribution < 1.29 is 28.3 Å². The first kappa shape index (κ1) is 38.9. The molecule has 0 radical (unpaired) electrons. The zero-order valence-electron chi connectivity index (χ0n) is 30.3. The number of rotatable bonds is 17. The summed E-state index contributed by atoms with van der Waals surface area (Å²) in [5.74, 6) is -0.413. The van der Waals surface area contributed by atoms with Crippen LogP contribution in [0.25, 0.3) is 0 Å². The lowest BCUT2D eigenvalue weighted by atomic mass is 9.95. The number of nitrogens with zero attached hydrogens (tertiary/aromatic N) is 5. The summed E-state index contributed by atoms with van der Waals surface area (Å²) in [5.41, 5.74) is 3.20. The molecular formula is C39H52N6O6S. The average Bonchev–Trinajstić information content (AvgIpc) is 3.79. The molecule has 2 fully saturated rings. The van der Waals surface area contributed by atoms with Crippen molar-refractivity contribution in [3.8, 4) is 0 Å². The normalized spacial score (nSPS) is 17.9. The number of hydrogen-bond acceptors (Lipinski definition) is 8. The van der Waals surface area contributed by atoms with E-state index in [-0.39, 0.29) is 48.2 Å². The molecule has 3 aromatic rings. The molecule has 4 atom stereocenters. The minimum Gasteiger partial charge on any atom is -0.411 e. The summed E-state index contributed by atoms with van der Waals surface area (Å²) in [6, 6.07) is 17.4. The van der Waals surface area contributed by atoms with Gasteiger partial charge in [-0.05, 0) is 72.9 Å². The number of aromatic nitrogens is 1. The Bertz CT molecular complexity index is 1770. The quantitative estimate of drug-likeness (QED) is 0.102. The van der Waals surface area contributed by atoms with Crippen LogP contribution in [0.15, 0.2) is 83.0 Å². The molecule has 52 heavy (non-hydrogen) atoms. The van der Waals surface area contributed by atoms with Gasteiger partial charge in [0.2, 0.25) is 15.9 Å². The Hall–Kier alpha value is -4.33. The van der Waals surface area contributed by atoms with Crippen molar-refractivity contribution in [1.29, 1.82) is 0 Å². The Morgan fingerprint density at radius 2 is 1.79 bits per heavy atom. The van der Waals surface area contributed by atoms with Crippen molar-refractivity contribution >= 4 is 28.2 Å². The van der Waals surface area contributed by atoms with E-state index in [4.69, 9.17) is 5.21 Å². The standard InChI is InChI=1S/C39H52N6O6S/c1-4-28(2)37(45-22-21-43(39(45)48)26-33-15-10-20-40-29(33)3)38(47)42-35(23-30-11-6-5-7-12-30)36(46)27-44(25-32-13-8-9-14-32)52(50,51)34-18-16-31(17-19-34)24-41-49/h5-7,10-12,15-20,24,28,32,35-37,46,49H,4,8-9,13-14,21-23,25-27H2,1-3H3,(H,42,47)/t28-,35-,36-,37-/m0/s1. The molecule has 1 saturated carbocycles. The summed E-state index contributed by atoms with van der Waals surface area (Å²) in [6.45, 7) is 7.08. The Morgan fingerprint density at radius 1 is 1.08 bits per heavy atom. The number of amides is 3. The van der Waals surface area contributed by atoms with Gasteiger partial charge in [-0.25, -0.2) is 13.2 Å². The van der Waals surface area contributed by atoms with E-state index in [0.717, 1.165) is 42.5 Å². The highest BCUT2D eigenvalue weighted by Crippen LogP contribution is 2.29. The van der Waals surface area contributed by atoms with Crippen LogP contribution in [0.2, 0.25) is 0 Å². The minimum atomic E-state index is -4.05. The first-order valence-corrected chi connectivity index (χ1v) is 19.7. The molecule has 3 amide bonds. The average molecular weight is 733 g/mol. The molecule has 0 spiro atoms. The second-order valence-electron chi connectivity index (χ2n) is 14.1. The molecule has 2 heterocycles. The molecule has 12 nitrogen and oxygen atoms in total. The molecule has 1 aliphatic heterocycles. The van der Waals surface area contributed by atoms with Gasteiger partial charge in [-0.1, -0.05) is 86.8 Å². The van der Waals surface area contributed by atoms with Crippen molar-refractivity contribution in [2.45, 2.75) is 88.9 Å². The number of aryl methyl sites for hydroxylation is 1. The highest BCUT2D eigenvalue weighted by molar-refractivity contribution is 7.89. The maximum absolute atomic E-state index is 14.4. The summed E-state index contributed by atoms with van der Waals surface area (Å²) in [4.78, 5) is 36.0. The van der Waals surface area contributed by atoms with E-state index in [1.54, 1.807) is 28.1 Å². The number of nitrogens with one attached hydrogen (secondary N) is 1. The van der Waals surface area contributed by atoms with E-state index in [9.17, 15) is 23.1 Å². The Labute approximate surface area is 307 Å². The Morgan fingerprint density at radius 3 is 2.44 bits per heavy atom. The molecule has 5 rings (SSSR count). The number of pyridine rings is 1. The fourth-order valence-electron chi connectivity index (χ4n) is 7.28. The largest absolute Gasteiger partial charge is 0.411 e. The summed E-state index contributed by atoms with van der Waals surface area (Å²) < 4.78 is 29.6. The number of hydrogen-bond donors (Lipinski definition) is 3. The molecule has 3 N–H and O–H groups in total. The zero-order valence-corrected chi connectivity index (χ0v) is 31.2. The SMILES string of the molecule is CC[C@H](C)[C@@H](C(=O)N[C@@H](Cc1ccccc1)[C@@H](O)CN(CC1CCCC1)S(=O)(=O)c1ccc(C=NO)cc1)N1CCN(Cc2cccnc2C)C1=O.